The Kier molecular flexibility index (Phi) is 2.33. The summed E-state index contributed by atoms with van der Waals surface area (Å²) in [6.07, 6.45) is 3.68. The van der Waals surface area contributed by atoms with Gasteiger partial charge in [-0.25, -0.2) is 14.4 Å². The molecule has 0 saturated carbocycles. The highest BCUT2D eigenvalue weighted by Crippen LogP contribution is 2.29. The zero-order valence-electron chi connectivity index (χ0n) is 9.66. The van der Waals surface area contributed by atoms with E-state index < -0.39 is 0 Å². The van der Waals surface area contributed by atoms with E-state index in [1.54, 1.807) is 0 Å². The van der Waals surface area contributed by atoms with Gasteiger partial charge >= 0.3 is 0 Å². The Bertz CT molecular complexity index is 530. The lowest BCUT2D eigenvalue weighted by atomic mass is 10.0. The minimum absolute atomic E-state index is 0.188. The van der Waals surface area contributed by atoms with Gasteiger partial charge in [0.15, 0.2) is 5.82 Å². The molecular weight excluding hydrogens is 207 g/mol. The zero-order valence-corrected chi connectivity index (χ0v) is 9.66. The van der Waals surface area contributed by atoms with Crippen molar-refractivity contribution in [2.75, 3.05) is 5.73 Å². The van der Waals surface area contributed by atoms with Crippen molar-refractivity contribution >= 4 is 16.9 Å². The summed E-state index contributed by atoms with van der Waals surface area (Å²) in [5.41, 5.74) is 6.01. The second-order valence-corrected chi connectivity index (χ2v) is 4.47. The van der Waals surface area contributed by atoms with E-state index in [0.717, 1.165) is 6.42 Å². The number of aromatic nitrogens is 3. The standard InChI is InChI=1S/C11H15FN4/c1-4-11(2,3)16-5-7(12)8-9(13)14-6-15-10(8)16/h5-6H,4H2,1-3H3,(H2,13,14,15). The number of anilines is 1. The Labute approximate surface area is 93.3 Å². The molecule has 0 atom stereocenters. The van der Waals surface area contributed by atoms with E-state index in [9.17, 15) is 4.39 Å². The van der Waals surface area contributed by atoms with Crippen LogP contribution in [-0.2, 0) is 5.54 Å². The Balaban J connectivity index is 2.79. The molecule has 86 valence electrons. The summed E-state index contributed by atoms with van der Waals surface area (Å²) in [4.78, 5) is 7.91. The third-order valence-corrected chi connectivity index (χ3v) is 3.08. The van der Waals surface area contributed by atoms with E-state index in [1.165, 1.54) is 12.5 Å². The van der Waals surface area contributed by atoms with Crippen molar-refractivity contribution in [1.82, 2.24) is 14.5 Å². The lowest BCUT2D eigenvalue weighted by Crippen LogP contribution is -2.24. The summed E-state index contributed by atoms with van der Waals surface area (Å²) < 4.78 is 15.6. The van der Waals surface area contributed by atoms with E-state index in [-0.39, 0.29) is 17.2 Å². The number of fused-ring (bicyclic) bond motifs is 1. The Morgan fingerprint density at radius 2 is 2.12 bits per heavy atom. The van der Waals surface area contributed by atoms with Crippen LogP contribution in [0.2, 0.25) is 0 Å². The summed E-state index contributed by atoms with van der Waals surface area (Å²) in [6, 6.07) is 0. The summed E-state index contributed by atoms with van der Waals surface area (Å²) >= 11 is 0. The first-order valence-electron chi connectivity index (χ1n) is 5.25. The fourth-order valence-corrected chi connectivity index (χ4v) is 1.67. The first-order valence-corrected chi connectivity index (χ1v) is 5.25. The number of hydrogen-bond acceptors (Lipinski definition) is 3. The first kappa shape index (κ1) is 10.9. The third-order valence-electron chi connectivity index (χ3n) is 3.08. The lowest BCUT2D eigenvalue weighted by molar-refractivity contribution is 0.349. The molecule has 0 amide bonds. The molecule has 2 aromatic rings. The van der Waals surface area contributed by atoms with Crippen molar-refractivity contribution in [3.8, 4) is 0 Å². The summed E-state index contributed by atoms with van der Waals surface area (Å²) in [7, 11) is 0. The molecule has 2 N–H and O–H groups in total. The van der Waals surface area contributed by atoms with Gasteiger partial charge in [0.1, 0.15) is 17.8 Å². The largest absolute Gasteiger partial charge is 0.383 e. The number of nitrogen functional groups attached to an aromatic ring is 1. The van der Waals surface area contributed by atoms with Crippen LogP contribution < -0.4 is 5.73 Å². The highest BCUT2D eigenvalue weighted by atomic mass is 19.1. The van der Waals surface area contributed by atoms with Gasteiger partial charge in [0.05, 0.1) is 5.39 Å². The van der Waals surface area contributed by atoms with Gasteiger partial charge in [-0.2, -0.15) is 0 Å². The van der Waals surface area contributed by atoms with Gasteiger partial charge in [-0.05, 0) is 20.3 Å². The van der Waals surface area contributed by atoms with Crippen LogP contribution in [0, 0.1) is 5.82 Å². The predicted molar refractivity (Wildman–Crippen MR) is 61.5 cm³/mol. The number of rotatable bonds is 2. The SMILES string of the molecule is CCC(C)(C)n1cc(F)c2c(N)ncnc21. The monoisotopic (exact) mass is 222 g/mol. The van der Waals surface area contributed by atoms with Crippen LogP contribution in [-0.4, -0.2) is 14.5 Å². The molecule has 2 rings (SSSR count). The molecular formula is C11H15FN4. The quantitative estimate of drug-likeness (QED) is 0.848. The minimum atomic E-state index is -0.366. The molecule has 0 bridgehead atoms. The molecule has 0 aliphatic carbocycles. The van der Waals surface area contributed by atoms with Gasteiger partial charge in [-0.3, -0.25) is 0 Å². The van der Waals surface area contributed by atoms with Crippen LogP contribution in [0.1, 0.15) is 27.2 Å². The van der Waals surface area contributed by atoms with Crippen LogP contribution in [0.4, 0.5) is 10.2 Å². The molecule has 0 unspecified atom stereocenters. The van der Waals surface area contributed by atoms with Crippen LogP contribution >= 0.6 is 0 Å². The highest BCUT2D eigenvalue weighted by Gasteiger charge is 2.23. The molecule has 2 heterocycles. The highest BCUT2D eigenvalue weighted by molar-refractivity contribution is 5.86. The molecule has 2 aromatic heterocycles. The van der Waals surface area contributed by atoms with E-state index in [1.807, 2.05) is 25.3 Å². The average molecular weight is 222 g/mol. The molecule has 5 heteroatoms. The van der Waals surface area contributed by atoms with Gasteiger partial charge in [-0.15, -0.1) is 0 Å². The smallest absolute Gasteiger partial charge is 0.154 e. The molecule has 16 heavy (non-hydrogen) atoms. The molecule has 0 aliphatic heterocycles. The Morgan fingerprint density at radius 1 is 1.44 bits per heavy atom. The molecule has 0 spiro atoms. The Morgan fingerprint density at radius 3 is 2.75 bits per heavy atom. The molecule has 0 radical (unpaired) electrons. The third kappa shape index (κ3) is 1.43. The maximum atomic E-state index is 13.8. The molecule has 0 saturated heterocycles. The van der Waals surface area contributed by atoms with Crippen LogP contribution in [0.25, 0.3) is 11.0 Å². The summed E-state index contributed by atoms with van der Waals surface area (Å²) in [5, 5.41) is 0.309. The van der Waals surface area contributed by atoms with Crippen LogP contribution in [0.5, 0.6) is 0 Å². The fourth-order valence-electron chi connectivity index (χ4n) is 1.67. The van der Waals surface area contributed by atoms with Crippen molar-refractivity contribution in [2.24, 2.45) is 0 Å². The van der Waals surface area contributed by atoms with Crippen molar-refractivity contribution in [3.05, 3.63) is 18.3 Å². The van der Waals surface area contributed by atoms with Gasteiger partial charge in [-0.1, -0.05) is 6.92 Å². The van der Waals surface area contributed by atoms with Crippen LogP contribution in [0.15, 0.2) is 12.5 Å². The average Bonchev–Trinajstić information content (AvgIpc) is 2.58. The number of halogens is 1. The molecule has 4 nitrogen and oxygen atoms in total. The van der Waals surface area contributed by atoms with Gasteiger partial charge < -0.3 is 10.3 Å². The summed E-state index contributed by atoms with van der Waals surface area (Å²) in [5.74, 6) is -0.178. The van der Waals surface area contributed by atoms with Crippen LogP contribution in [0.3, 0.4) is 0 Å². The van der Waals surface area contributed by atoms with E-state index in [2.05, 4.69) is 9.97 Å². The normalized spacial score (nSPS) is 12.2. The molecule has 0 aromatic carbocycles. The van der Waals surface area contributed by atoms with E-state index in [4.69, 9.17) is 5.73 Å². The second kappa shape index (κ2) is 3.43. The minimum Gasteiger partial charge on any atom is -0.383 e. The topological polar surface area (TPSA) is 56.7 Å². The van der Waals surface area contributed by atoms with Gasteiger partial charge in [0.2, 0.25) is 0 Å². The van der Waals surface area contributed by atoms with Crippen molar-refractivity contribution in [2.45, 2.75) is 32.7 Å². The zero-order chi connectivity index (χ0) is 11.9. The fraction of sp³-hybridized carbons (Fsp3) is 0.455. The second-order valence-electron chi connectivity index (χ2n) is 4.47. The number of nitrogens with two attached hydrogens (primary N) is 1. The Hall–Kier alpha value is -1.65. The number of hydrogen-bond donors (Lipinski definition) is 1. The molecule has 0 fully saturated rings. The van der Waals surface area contributed by atoms with Crippen molar-refractivity contribution in [1.29, 1.82) is 0 Å². The van der Waals surface area contributed by atoms with E-state index in [0.29, 0.717) is 11.0 Å². The lowest BCUT2D eigenvalue weighted by Gasteiger charge is -2.25. The first-order chi connectivity index (χ1) is 7.47. The van der Waals surface area contributed by atoms with Crippen molar-refractivity contribution in [3.63, 3.8) is 0 Å². The van der Waals surface area contributed by atoms with Crippen molar-refractivity contribution < 1.29 is 4.39 Å². The van der Waals surface area contributed by atoms with Gasteiger partial charge in [0.25, 0.3) is 0 Å². The van der Waals surface area contributed by atoms with Gasteiger partial charge in [0, 0.05) is 11.7 Å². The van der Waals surface area contributed by atoms with E-state index >= 15 is 0 Å². The molecule has 0 aliphatic rings. The maximum absolute atomic E-state index is 13.8. The maximum Gasteiger partial charge on any atom is 0.154 e. The number of nitrogens with zero attached hydrogens (tertiary/aromatic N) is 3. The summed E-state index contributed by atoms with van der Waals surface area (Å²) in [6.45, 7) is 6.11. The predicted octanol–water partition coefficient (Wildman–Crippen LogP) is 2.30.